The molecule has 1 aromatic heterocycles. The molecule has 1 amide bonds. The van der Waals surface area contributed by atoms with Crippen LogP contribution in [0, 0.1) is 4.77 Å². The molecule has 1 rings (SSSR count). The number of nitrogens with zero attached hydrogens (tertiary/aromatic N) is 1. The summed E-state index contributed by atoms with van der Waals surface area (Å²) in [5, 5.41) is 2.74. The molecule has 0 saturated heterocycles. The number of carbonyl (C=O) groups is 1. The van der Waals surface area contributed by atoms with Gasteiger partial charge in [0.15, 0.2) is 4.77 Å². The number of rotatable bonds is 3. The molecule has 0 aromatic carbocycles. The van der Waals surface area contributed by atoms with Crippen LogP contribution < -0.4 is 5.32 Å². The molecule has 72 valence electrons. The fraction of sp³-hybridized carbons (Fsp3) is 0.500. The molecule has 13 heavy (non-hydrogen) atoms. The van der Waals surface area contributed by atoms with Crippen molar-refractivity contribution in [2.75, 3.05) is 6.54 Å². The van der Waals surface area contributed by atoms with E-state index >= 15 is 0 Å². The Morgan fingerprint density at radius 1 is 1.85 bits per heavy atom. The topological polar surface area (TPSA) is 49.8 Å². The van der Waals surface area contributed by atoms with Gasteiger partial charge in [-0.3, -0.25) is 4.79 Å². The molecule has 0 spiro atoms. The lowest BCUT2D eigenvalue weighted by Crippen LogP contribution is -2.30. The number of imidazole rings is 1. The number of nitrogens with one attached hydrogen (secondary N) is 2. The van der Waals surface area contributed by atoms with E-state index in [4.69, 9.17) is 12.2 Å². The Labute approximate surface area is 82.0 Å². The van der Waals surface area contributed by atoms with Crippen LogP contribution in [0.4, 0.5) is 0 Å². The Hall–Kier alpha value is -1.10. The molecule has 1 unspecified atom stereocenters. The molecule has 0 aliphatic heterocycles. The summed E-state index contributed by atoms with van der Waals surface area (Å²) in [6, 6.07) is -0.251. The largest absolute Gasteiger partial charge is 0.355 e. The summed E-state index contributed by atoms with van der Waals surface area (Å²) in [6.07, 6.45) is 3.49. The summed E-state index contributed by atoms with van der Waals surface area (Å²) >= 11 is 4.99. The summed E-state index contributed by atoms with van der Waals surface area (Å²) in [7, 11) is 0. The molecule has 0 bridgehead atoms. The average Bonchev–Trinajstić information content (AvgIpc) is 2.50. The first-order valence-corrected chi connectivity index (χ1v) is 4.61. The van der Waals surface area contributed by atoms with Gasteiger partial charge in [0.05, 0.1) is 0 Å². The van der Waals surface area contributed by atoms with Crippen LogP contribution >= 0.6 is 12.2 Å². The SMILES string of the molecule is CCNC(=O)C(C)n1cc[nH]c1=S. The van der Waals surface area contributed by atoms with Crippen molar-refractivity contribution in [3.05, 3.63) is 17.2 Å². The monoisotopic (exact) mass is 199 g/mol. The second-order valence-electron chi connectivity index (χ2n) is 2.74. The Bertz CT molecular complexity index is 341. The third-order valence-electron chi connectivity index (χ3n) is 1.82. The van der Waals surface area contributed by atoms with Gasteiger partial charge in [-0.25, -0.2) is 0 Å². The number of hydrogen-bond acceptors (Lipinski definition) is 2. The van der Waals surface area contributed by atoms with Crippen LogP contribution in [0.2, 0.25) is 0 Å². The maximum atomic E-state index is 11.4. The van der Waals surface area contributed by atoms with E-state index in [0.717, 1.165) is 0 Å². The van der Waals surface area contributed by atoms with Crippen LogP contribution in [0.3, 0.4) is 0 Å². The van der Waals surface area contributed by atoms with Crippen molar-refractivity contribution >= 4 is 18.1 Å². The molecule has 0 aliphatic carbocycles. The number of amides is 1. The summed E-state index contributed by atoms with van der Waals surface area (Å²) in [5.41, 5.74) is 0. The first kappa shape index (κ1) is 9.98. The predicted molar refractivity (Wildman–Crippen MR) is 53.0 cm³/mol. The van der Waals surface area contributed by atoms with Gasteiger partial charge in [0.2, 0.25) is 5.91 Å². The summed E-state index contributed by atoms with van der Waals surface area (Å²) < 4.78 is 2.29. The quantitative estimate of drug-likeness (QED) is 0.720. The lowest BCUT2D eigenvalue weighted by atomic mass is 10.3. The zero-order chi connectivity index (χ0) is 9.84. The van der Waals surface area contributed by atoms with Gasteiger partial charge in [-0.1, -0.05) is 0 Å². The van der Waals surface area contributed by atoms with Crippen LogP contribution in [-0.2, 0) is 4.79 Å². The Kier molecular flexibility index (Phi) is 3.25. The second-order valence-corrected chi connectivity index (χ2v) is 3.13. The lowest BCUT2D eigenvalue weighted by molar-refractivity contribution is -0.123. The molecule has 0 radical (unpaired) electrons. The minimum absolute atomic E-state index is 0.0156. The van der Waals surface area contributed by atoms with Gasteiger partial charge in [0.25, 0.3) is 0 Å². The lowest BCUT2D eigenvalue weighted by Gasteiger charge is -2.11. The Morgan fingerprint density at radius 2 is 2.54 bits per heavy atom. The first-order valence-electron chi connectivity index (χ1n) is 4.20. The number of carbonyl (C=O) groups excluding carboxylic acids is 1. The minimum atomic E-state index is -0.251. The van der Waals surface area contributed by atoms with E-state index in [-0.39, 0.29) is 11.9 Å². The highest BCUT2D eigenvalue weighted by atomic mass is 32.1. The van der Waals surface area contributed by atoms with E-state index in [1.807, 2.05) is 13.8 Å². The first-order chi connectivity index (χ1) is 6.16. The fourth-order valence-corrected chi connectivity index (χ4v) is 1.37. The van der Waals surface area contributed by atoms with E-state index in [9.17, 15) is 4.79 Å². The summed E-state index contributed by atoms with van der Waals surface area (Å²) in [5.74, 6) is -0.0156. The highest BCUT2D eigenvalue weighted by Gasteiger charge is 2.13. The number of likely N-dealkylation sites (N-methyl/N-ethyl adjacent to an activating group) is 1. The molecular weight excluding hydrogens is 186 g/mol. The maximum absolute atomic E-state index is 11.4. The highest BCUT2D eigenvalue weighted by molar-refractivity contribution is 7.71. The Balaban J connectivity index is 2.79. The third-order valence-corrected chi connectivity index (χ3v) is 2.15. The van der Waals surface area contributed by atoms with E-state index in [1.165, 1.54) is 0 Å². The highest BCUT2D eigenvalue weighted by Crippen LogP contribution is 2.05. The van der Waals surface area contributed by atoms with Crippen molar-refractivity contribution in [1.82, 2.24) is 14.9 Å². The molecule has 1 aromatic rings. The van der Waals surface area contributed by atoms with E-state index < -0.39 is 0 Å². The summed E-state index contributed by atoms with van der Waals surface area (Å²) in [6.45, 7) is 4.34. The van der Waals surface area contributed by atoms with Crippen molar-refractivity contribution in [3.8, 4) is 0 Å². The van der Waals surface area contributed by atoms with E-state index in [1.54, 1.807) is 17.0 Å². The zero-order valence-electron chi connectivity index (χ0n) is 7.70. The molecule has 0 saturated carbocycles. The van der Waals surface area contributed by atoms with Crippen LogP contribution in [0.25, 0.3) is 0 Å². The van der Waals surface area contributed by atoms with Crippen LogP contribution in [0.1, 0.15) is 19.9 Å². The van der Waals surface area contributed by atoms with Gasteiger partial charge in [-0.15, -0.1) is 0 Å². The van der Waals surface area contributed by atoms with Gasteiger partial charge < -0.3 is 14.9 Å². The van der Waals surface area contributed by atoms with Crippen LogP contribution in [-0.4, -0.2) is 22.0 Å². The molecule has 0 aliphatic rings. The van der Waals surface area contributed by atoms with Crippen molar-refractivity contribution < 1.29 is 4.79 Å². The van der Waals surface area contributed by atoms with Crippen molar-refractivity contribution in [3.63, 3.8) is 0 Å². The smallest absolute Gasteiger partial charge is 0.242 e. The van der Waals surface area contributed by atoms with Gasteiger partial charge in [-0.2, -0.15) is 0 Å². The number of aromatic amines is 1. The predicted octanol–water partition coefficient (Wildman–Crippen LogP) is 1.24. The molecule has 2 N–H and O–H groups in total. The number of H-pyrrole nitrogens is 1. The molecule has 1 heterocycles. The molecule has 1 atom stereocenters. The van der Waals surface area contributed by atoms with Crippen molar-refractivity contribution in [2.24, 2.45) is 0 Å². The average molecular weight is 199 g/mol. The maximum Gasteiger partial charge on any atom is 0.242 e. The zero-order valence-corrected chi connectivity index (χ0v) is 8.52. The van der Waals surface area contributed by atoms with Gasteiger partial charge >= 0.3 is 0 Å². The van der Waals surface area contributed by atoms with Crippen LogP contribution in [0.5, 0.6) is 0 Å². The molecule has 5 heteroatoms. The van der Waals surface area contributed by atoms with Gasteiger partial charge in [-0.05, 0) is 26.1 Å². The standard InChI is InChI=1S/C8H13N3OS/c1-3-9-7(12)6(2)11-5-4-10-8(11)13/h4-6H,3H2,1-2H3,(H,9,12)(H,10,13). The van der Waals surface area contributed by atoms with Gasteiger partial charge in [0.1, 0.15) is 6.04 Å². The Morgan fingerprint density at radius 3 is 3.00 bits per heavy atom. The molecule has 0 fully saturated rings. The number of hydrogen-bond donors (Lipinski definition) is 2. The number of aromatic nitrogens is 2. The van der Waals surface area contributed by atoms with Crippen molar-refractivity contribution in [1.29, 1.82) is 0 Å². The van der Waals surface area contributed by atoms with Crippen LogP contribution in [0.15, 0.2) is 12.4 Å². The van der Waals surface area contributed by atoms with E-state index in [2.05, 4.69) is 10.3 Å². The van der Waals surface area contributed by atoms with Gasteiger partial charge in [0, 0.05) is 18.9 Å². The molecule has 4 nitrogen and oxygen atoms in total. The van der Waals surface area contributed by atoms with E-state index in [0.29, 0.717) is 11.3 Å². The minimum Gasteiger partial charge on any atom is -0.355 e. The molecular formula is C8H13N3OS. The second kappa shape index (κ2) is 4.23. The van der Waals surface area contributed by atoms with Crippen molar-refractivity contribution in [2.45, 2.75) is 19.9 Å². The third kappa shape index (κ3) is 2.18. The summed E-state index contributed by atoms with van der Waals surface area (Å²) in [4.78, 5) is 14.2. The normalized spacial score (nSPS) is 12.5. The fourth-order valence-electron chi connectivity index (χ4n) is 1.08.